The van der Waals surface area contributed by atoms with Crippen molar-refractivity contribution in [2.75, 3.05) is 13.1 Å². The summed E-state index contributed by atoms with van der Waals surface area (Å²) in [5, 5.41) is 0. The molecule has 1 saturated heterocycles. The van der Waals surface area contributed by atoms with Crippen LogP contribution in [-0.2, 0) is 7.05 Å². The van der Waals surface area contributed by atoms with E-state index >= 15 is 0 Å². The first kappa shape index (κ1) is 12.4. The second-order valence-corrected chi connectivity index (χ2v) is 5.63. The summed E-state index contributed by atoms with van der Waals surface area (Å²) in [4.78, 5) is 25.9. The van der Waals surface area contributed by atoms with Gasteiger partial charge >= 0.3 is 0 Å². The number of alkyl halides is 1. The van der Waals surface area contributed by atoms with E-state index in [0.717, 1.165) is 25.9 Å². The predicted molar refractivity (Wildman–Crippen MR) is 69.5 cm³/mol. The molecule has 17 heavy (non-hydrogen) atoms. The first-order chi connectivity index (χ1) is 8.08. The fraction of sp³-hybridized carbons (Fsp3) is 0.500. The minimum atomic E-state index is -0.147. The molecule has 92 valence electrons. The van der Waals surface area contributed by atoms with E-state index in [2.05, 4.69) is 15.9 Å². The van der Waals surface area contributed by atoms with Crippen molar-refractivity contribution in [1.29, 1.82) is 0 Å². The lowest BCUT2D eigenvalue weighted by atomic mass is 10.1. The second-order valence-electron chi connectivity index (χ2n) is 4.33. The molecule has 2 rings (SSSR count). The molecule has 1 amide bonds. The molecule has 0 spiro atoms. The second kappa shape index (κ2) is 5.04. The highest BCUT2D eigenvalue weighted by Gasteiger charge is 2.22. The zero-order chi connectivity index (χ0) is 12.4. The van der Waals surface area contributed by atoms with Crippen molar-refractivity contribution in [3.63, 3.8) is 0 Å². The largest absolute Gasteiger partial charge is 0.339 e. The minimum Gasteiger partial charge on any atom is -0.339 e. The zero-order valence-corrected chi connectivity index (χ0v) is 11.3. The van der Waals surface area contributed by atoms with Crippen LogP contribution in [0.2, 0.25) is 0 Å². The van der Waals surface area contributed by atoms with Gasteiger partial charge < -0.3 is 9.47 Å². The van der Waals surface area contributed by atoms with E-state index in [1.54, 1.807) is 19.3 Å². The normalized spacial score (nSPS) is 17.2. The maximum atomic E-state index is 12.1. The zero-order valence-electron chi connectivity index (χ0n) is 9.73. The molecule has 0 unspecified atom stereocenters. The Kier molecular flexibility index (Phi) is 3.66. The smallest absolute Gasteiger partial charge is 0.254 e. The fourth-order valence-corrected chi connectivity index (χ4v) is 2.32. The molecule has 0 saturated carbocycles. The van der Waals surface area contributed by atoms with Crippen LogP contribution < -0.4 is 5.56 Å². The molecule has 4 nitrogen and oxygen atoms in total. The maximum absolute atomic E-state index is 12.1. The van der Waals surface area contributed by atoms with Crippen LogP contribution in [0.15, 0.2) is 23.1 Å². The highest BCUT2D eigenvalue weighted by Crippen LogP contribution is 2.18. The molecular weight excluding hydrogens is 284 g/mol. The van der Waals surface area contributed by atoms with Crippen molar-refractivity contribution in [2.45, 2.75) is 17.7 Å². The molecule has 1 aliphatic rings. The number of hydrogen-bond donors (Lipinski definition) is 0. The highest BCUT2D eigenvalue weighted by molar-refractivity contribution is 9.09. The number of aromatic nitrogens is 1. The number of likely N-dealkylation sites (tertiary alicyclic amines) is 1. The number of nitrogens with zero attached hydrogens (tertiary/aromatic N) is 2. The van der Waals surface area contributed by atoms with Crippen LogP contribution in [0.3, 0.4) is 0 Å². The van der Waals surface area contributed by atoms with Crippen molar-refractivity contribution in [1.82, 2.24) is 9.47 Å². The molecule has 1 fully saturated rings. The van der Waals surface area contributed by atoms with Crippen LogP contribution in [0.1, 0.15) is 23.2 Å². The van der Waals surface area contributed by atoms with E-state index in [0.29, 0.717) is 10.4 Å². The van der Waals surface area contributed by atoms with E-state index in [9.17, 15) is 9.59 Å². The Labute approximate surface area is 108 Å². The Morgan fingerprint density at radius 2 is 2.06 bits per heavy atom. The summed E-state index contributed by atoms with van der Waals surface area (Å²) < 4.78 is 1.46. The summed E-state index contributed by atoms with van der Waals surface area (Å²) in [6.07, 6.45) is 3.57. The number of carbonyl (C=O) groups excluding carboxylic acids is 1. The summed E-state index contributed by atoms with van der Waals surface area (Å²) in [6, 6.07) is 3.10. The first-order valence-corrected chi connectivity index (χ1v) is 6.59. The monoisotopic (exact) mass is 298 g/mol. The average molecular weight is 299 g/mol. The van der Waals surface area contributed by atoms with Gasteiger partial charge in [-0.15, -0.1) is 0 Å². The van der Waals surface area contributed by atoms with E-state index in [1.807, 2.05) is 4.90 Å². The third-order valence-corrected chi connectivity index (χ3v) is 3.98. The Bertz CT molecular complexity index is 476. The molecule has 0 N–H and O–H groups in total. The van der Waals surface area contributed by atoms with Crippen molar-refractivity contribution in [2.24, 2.45) is 7.05 Å². The topological polar surface area (TPSA) is 42.3 Å². The summed E-state index contributed by atoms with van der Waals surface area (Å²) >= 11 is 3.55. The molecule has 1 aromatic rings. The van der Waals surface area contributed by atoms with Crippen molar-refractivity contribution in [3.8, 4) is 0 Å². The Morgan fingerprint density at radius 1 is 1.41 bits per heavy atom. The molecule has 5 heteroatoms. The van der Waals surface area contributed by atoms with Gasteiger partial charge in [-0.05, 0) is 18.9 Å². The molecule has 1 aliphatic heterocycles. The van der Waals surface area contributed by atoms with E-state index in [1.165, 1.54) is 10.6 Å². The van der Waals surface area contributed by atoms with Crippen LogP contribution in [0.5, 0.6) is 0 Å². The maximum Gasteiger partial charge on any atom is 0.254 e. The van der Waals surface area contributed by atoms with Gasteiger partial charge in [0.25, 0.3) is 11.5 Å². The van der Waals surface area contributed by atoms with Crippen molar-refractivity contribution >= 4 is 21.8 Å². The van der Waals surface area contributed by atoms with Crippen LogP contribution in [0.4, 0.5) is 0 Å². The number of pyridine rings is 1. The van der Waals surface area contributed by atoms with Gasteiger partial charge in [0.05, 0.1) is 0 Å². The van der Waals surface area contributed by atoms with Gasteiger partial charge in [-0.2, -0.15) is 0 Å². The van der Waals surface area contributed by atoms with Gasteiger partial charge in [0, 0.05) is 42.8 Å². The van der Waals surface area contributed by atoms with E-state index in [-0.39, 0.29) is 11.5 Å². The Balaban J connectivity index is 2.14. The van der Waals surface area contributed by atoms with Gasteiger partial charge in [0.1, 0.15) is 0 Å². The molecular formula is C12H15BrN2O2. The molecule has 0 atom stereocenters. The molecule has 0 radical (unpaired) electrons. The number of aryl methyl sites for hydroxylation is 1. The quantitative estimate of drug-likeness (QED) is 0.735. The number of carbonyl (C=O) groups is 1. The van der Waals surface area contributed by atoms with Gasteiger partial charge in [-0.3, -0.25) is 9.59 Å². The SMILES string of the molecule is Cn1ccc(C(=O)N2CCC(Br)CC2)cc1=O. The molecule has 1 aromatic heterocycles. The minimum absolute atomic E-state index is 0.0397. The molecule has 0 aliphatic carbocycles. The van der Waals surface area contributed by atoms with Crippen LogP contribution in [0, 0.1) is 0 Å². The van der Waals surface area contributed by atoms with Crippen molar-refractivity contribution < 1.29 is 4.79 Å². The number of amides is 1. The third-order valence-electron chi connectivity index (χ3n) is 3.06. The van der Waals surface area contributed by atoms with E-state index in [4.69, 9.17) is 0 Å². The summed E-state index contributed by atoms with van der Waals surface area (Å²) in [5.74, 6) is -0.0397. The number of piperidine rings is 1. The van der Waals surface area contributed by atoms with E-state index < -0.39 is 0 Å². The highest BCUT2D eigenvalue weighted by atomic mass is 79.9. The fourth-order valence-electron chi connectivity index (χ4n) is 1.92. The Morgan fingerprint density at radius 3 is 2.65 bits per heavy atom. The van der Waals surface area contributed by atoms with Gasteiger partial charge in [0.2, 0.25) is 0 Å². The third kappa shape index (κ3) is 2.77. The summed E-state index contributed by atoms with van der Waals surface area (Å²) in [6.45, 7) is 1.51. The van der Waals surface area contributed by atoms with Gasteiger partial charge in [-0.25, -0.2) is 0 Å². The predicted octanol–water partition coefficient (Wildman–Crippen LogP) is 1.38. The van der Waals surface area contributed by atoms with Crippen LogP contribution in [-0.4, -0.2) is 33.3 Å². The standard InChI is InChI=1S/C12H15BrN2O2/c1-14-5-2-9(8-11(14)16)12(17)15-6-3-10(13)4-7-15/h2,5,8,10H,3-4,6-7H2,1H3. The molecule has 2 heterocycles. The number of halogens is 1. The average Bonchev–Trinajstić information content (AvgIpc) is 2.33. The van der Waals surface area contributed by atoms with Crippen LogP contribution >= 0.6 is 15.9 Å². The first-order valence-electron chi connectivity index (χ1n) is 5.68. The van der Waals surface area contributed by atoms with Crippen LogP contribution in [0.25, 0.3) is 0 Å². The lowest BCUT2D eigenvalue weighted by Crippen LogP contribution is -2.39. The summed E-state index contributed by atoms with van der Waals surface area (Å²) in [7, 11) is 1.67. The summed E-state index contributed by atoms with van der Waals surface area (Å²) in [5.41, 5.74) is 0.340. The van der Waals surface area contributed by atoms with Gasteiger partial charge in [0.15, 0.2) is 0 Å². The van der Waals surface area contributed by atoms with Crippen molar-refractivity contribution in [3.05, 3.63) is 34.2 Å². The Hall–Kier alpha value is -1.10. The number of hydrogen-bond acceptors (Lipinski definition) is 2. The number of rotatable bonds is 1. The molecule has 0 aromatic carbocycles. The van der Waals surface area contributed by atoms with Gasteiger partial charge in [-0.1, -0.05) is 15.9 Å². The lowest BCUT2D eigenvalue weighted by Gasteiger charge is -2.29. The molecule has 0 bridgehead atoms. The lowest BCUT2D eigenvalue weighted by molar-refractivity contribution is 0.0728.